The van der Waals surface area contributed by atoms with Gasteiger partial charge >= 0.3 is 0 Å². The standard InChI is InChI=1S/C15H23N/c1-3-11(2)15(16)14-9-8-12-6-4-5-7-13(12)10-14/h8-11,15H,3-7,16H2,1-2H3. The molecule has 2 rings (SSSR count). The topological polar surface area (TPSA) is 26.0 Å². The third kappa shape index (κ3) is 2.30. The Labute approximate surface area is 99.0 Å². The lowest BCUT2D eigenvalue weighted by molar-refractivity contribution is 0.456. The molecule has 1 nitrogen and oxygen atoms in total. The summed E-state index contributed by atoms with van der Waals surface area (Å²) < 4.78 is 0. The second-order valence-electron chi connectivity index (χ2n) is 5.15. The van der Waals surface area contributed by atoms with Crippen LogP contribution in [-0.4, -0.2) is 0 Å². The molecule has 0 fully saturated rings. The summed E-state index contributed by atoms with van der Waals surface area (Å²) in [6.07, 6.45) is 6.35. The van der Waals surface area contributed by atoms with E-state index in [4.69, 9.17) is 5.73 Å². The Morgan fingerprint density at radius 3 is 2.56 bits per heavy atom. The predicted octanol–water partition coefficient (Wildman–Crippen LogP) is 3.61. The van der Waals surface area contributed by atoms with Crippen molar-refractivity contribution < 1.29 is 0 Å². The number of benzene rings is 1. The van der Waals surface area contributed by atoms with E-state index in [0.717, 1.165) is 6.42 Å². The number of fused-ring (bicyclic) bond motifs is 1. The summed E-state index contributed by atoms with van der Waals surface area (Å²) in [5, 5.41) is 0. The number of nitrogens with two attached hydrogens (primary N) is 1. The molecule has 1 aromatic rings. The van der Waals surface area contributed by atoms with E-state index in [2.05, 4.69) is 32.0 Å². The van der Waals surface area contributed by atoms with Crippen LogP contribution in [0.3, 0.4) is 0 Å². The predicted molar refractivity (Wildman–Crippen MR) is 69.5 cm³/mol. The molecule has 0 heterocycles. The van der Waals surface area contributed by atoms with Gasteiger partial charge in [-0.1, -0.05) is 38.5 Å². The summed E-state index contributed by atoms with van der Waals surface area (Å²) in [6.45, 7) is 4.45. The van der Waals surface area contributed by atoms with Gasteiger partial charge in [0, 0.05) is 6.04 Å². The molecule has 0 radical (unpaired) electrons. The highest BCUT2D eigenvalue weighted by atomic mass is 14.6. The smallest absolute Gasteiger partial charge is 0.0320 e. The molecule has 0 amide bonds. The van der Waals surface area contributed by atoms with Gasteiger partial charge in [0.2, 0.25) is 0 Å². The first-order chi connectivity index (χ1) is 7.72. The van der Waals surface area contributed by atoms with Gasteiger partial charge in [-0.15, -0.1) is 0 Å². The summed E-state index contributed by atoms with van der Waals surface area (Å²) in [7, 11) is 0. The van der Waals surface area contributed by atoms with Gasteiger partial charge in [0.15, 0.2) is 0 Å². The fourth-order valence-corrected chi connectivity index (χ4v) is 2.54. The SMILES string of the molecule is CCC(C)C(N)c1ccc2c(c1)CCCC2. The van der Waals surface area contributed by atoms with E-state index in [9.17, 15) is 0 Å². The third-order valence-corrected chi connectivity index (χ3v) is 4.01. The van der Waals surface area contributed by atoms with Gasteiger partial charge in [0.05, 0.1) is 0 Å². The van der Waals surface area contributed by atoms with Crippen LogP contribution in [0.5, 0.6) is 0 Å². The largest absolute Gasteiger partial charge is 0.324 e. The van der Waals surface area contributed by atoms with Crippen molar-refractivity contribution in [2.45, 2.75) is 52.0 Å². The molecule has 88 valence electrons. The Balaban J connectivity index is 2.22. The Morgan fingerprint density at radius 1 is 1.19 bits per heavy atom. The van der Waals surface area contributed by atoms with Crippen LogP contribution in [0.4, 0.5) is 0 Å². The van der Waals surface area contributed by atoms with Crippen molar-refractivity contribution >= 4 is 0 Å². The minimum atomic E-state index is 0.206. The van der Waals surface area contributed by atoms with Crippen LogP contribution in [0.2, 0.25) is 0 Å². The maximum atomic E-state index is 6.28. The minimum absolute atomic E-state index is 0.206. The summed E-state index contributed by atoms with van der Waals surface area (Å²) in [4.78, 5) is 0. The fraction of sp³-hybridized carbons (Fsp3) is 0.600. The van der Waals surface area contributed by atoms with E-state index < -0.39 is 0 Å². The lowest BCUT2D eigenvalue weighted by Crippen LogP contribution is -2.19. The first-order valence-corrected chi connectivity index (χ1v) is 6.59. The molecule has 0 bridgehead atoms. The van der Waals surface area contributed by atoms with Crippen molar-refractivity contribution in [3.8, 4) is 0 Å². The van der Waals surface area contributed by atoms with Gasteiger partial charge in [-0.3, -0.25) is 0 Å². The molecule has 1 aliphatic rings. The molecular weight excluding hydrogens is 194 g/mol. The van der Waals surface area contributed by atoms with Crippen molar-refractivity contribution in [3.63, 3.8) is 0 Å². The van der Waals surface area contributed by atoms with Gasteiger partial charge in [-0.25, -0.2) is 0 Å². The molecule has 1 aliphatic carbocycles. The average molecular weight is 217 g/mol. The second-order valence-corrected chi connectivity index (χ2v) is 5.15. The lowest BCUT2D eigenvalue weighted by atomic mass is 9.86. The van der Waals surface area contributed by atoms with Gasteiger partial charge in [0.25, 0.3) is 0 Å². The number of hydrogen-bond acceptors (Lipinski definition) is 1. The van der Waals surface area contributed by atoms with Crippen LogP contribution in [0.15, 0.2) is 18.2 Å². The quantitative estimate of drug-likeness (QED) is 0.822. The zero-order valence-corrected chi connectivity index (χ0v) is 10.5. The molecular formula is C15H23N. The normalized spacial score (nSPS) is 18.9. The van der Waals surface area contributed by atoms with Crippen LogP contribution in [0, 0.1) is 5.92 Å². The van der Waals surface area contributed by atoms with E-state index in [-0.39, 0.29) is 6.04 Å². The summed E-state index contributed by atoms with van der Waals surface area (Å²) in [6, 6.07) is 7.09. The maximum Gasteiger partial charge on any atom is 0.0320 e. The molecule has 0 saturated carbocycles. The lowest BCUT2D eigenvalue weighted by Gasteiger charge is -2.22. The van der Waals surface area contributed by atoms with Crippen molar-refractivity contribution in [2.75, 3.05) is 0 Å². The summed E-state index contributed by atoms with van der Waals surface area (Å²) in [5.74, 6) is 0.571. The molecule has 2 atom stereocenters. The first-order valence-electron chi connectivity index (χ1n) is 6.59. The maximum absolute atomic E-state index is 6.28. The molecule has 0 saturated heterocycles. The van der Waals surface area contributed by atoms with Crippen LogP contribution in [-0.2, 0) is 12.8 Å². The van der Waals surface area contributed by atoms with E-state index in [1.807, 2.05) is 0 Å². The van der Waals surface area contributed by atoms with Crippen LogP contribution in [0.1, 0.15) is 55.8 Å². The molecule has 16 heavy (non-hydrogen) atoms. The fourth-order valence-electron chi connectivity index (χ4n) is 2.54. The first kappa shape index (κ1) is 11.7. The Hall–Kier alpha value is -0.820. The molecule has 1 aromatic carbocycles. The average Bonchev–Trinajstić information content (AvgIpc) is 2.36. The zero-order valence-electron chi connectivity index (χ0n) is 10.5. The minimum Gasteiger partial charge on any atom is -0.324 e. The molecule has 0 aromatic heterocycles. The van der Waals surface area contributed by atoms with Crippen molar-refractivity contribution in [2.24, 2.45) is 11.7 Å². The molecule has 0 spiro atoms. The van der Waals surface area contributed by atoms with Crippen LogP contribution < -0.4 is 5.73 Å². The third-order valence-electron chi connectivity index (χ3n) is 4.01. The van der Waals surface area contributed by atoms with E-state index >= 15 is 0 Å². The molecule has 1 heteroatoms. The van der Waals surface area contributed by atoms with E-state index in [1.54, 1.807) is 11.1 Å². The summed E-state index contributed by atoms with van der Waals surface area (Å²) >= 11 is 0. The van der Waals surface area contributed by atoms with Gasteiger partial charge in [-0.2, -0.15) is 0 Å². The second kappa shape index (κ2) is 5.01. The zero-order chi connectivity index (χ0) is 11.5. The molecule has 2 N–H and O–H groups in total. The Bertz CT molecular complexity index is 356. The number of aryl methyl sites for hydroxylation is 2. The van der Waals surface area contributed by atoms with Crippen molar-refractivity contribution in [3.05, 3.63) is 34.9 Å². The van der Waals surface area contributed by atoms with Crippen molar-refractivity contribution in [1.29, 1.82) is 0 Å². The van der Waals surface area contributed by atoms with Gasteiger partial charge in [0.1, 0.15) is 0 Å². The highest BCUT2D eigenvalue weighted by molar-refractivity contribution is 5.35. The van der Waals surface area contributed by atoms with Gasteiger partial charge < -0.3 is 5.73 Å². The van der Waals surface area contributed by atoms with E-state index in [0.29, 0.717) is 5.92 Å². The van der Waals surface area contributed by atoms with Crippen LogP contribution in [0.25, 0.3) is 0 Å². The van der Waals surface area contributed by atoms with E-state index in [1.165, 1.54) is 31.2 Å². The summed E-state index contributed by atoms with van der Waals surface area (Å²) in [5.41, 5.74) is 10.7. The number of hydrogen-bond donors (Lipinski definition) is 1. The van der Waals surface area contributed by atoms with Crippen LogP contribution >= 0.6 is 0 Å². The monoisotopic (exact) mass is 217 g/mol. The molecule has 0 aliphatic heterocycles. The van der Waals surface area contributed by atoms with Gasteiger partial charge in [-0.05, 0) is 48.3 Å². The number of rotatable bonds is 3. The van der Waals surface area contributed by atoms with Crippen molar-refractivity contribution in [1.82, 2.24) is 0 Å². The molecule has 2 unspecified atom stereocenters. The highest BCUT2D eigenvalue weighted by Gasteiger charge is 2.16. The Kier molecular flexibility index (Phi) is 3.65. The highest BCUT2D eigenvalue weighted by Crippen LogP contribution is 2.27. The Morgan fingerprint density at radius 2 is 1.88 bits per heavy atom.